The lowest BCUT2D eigenvalue weighted by Crippen LogP contribution is -2.21. The summed E-state index contributed by atoms with van der Waals surface area (Å²) in [5, 5.41) is 18.4. The summed E-state index contributed by atoms with van der Waals surface area (Å²) in [7, 11) is 0. The summed E-state index contributed by atoms with van der Waals surface area (Å²) in [4.78, 5) is 0. The van der Waals surface area contributed by atoms with Crippen LogP contribution in [0.1, 0.15) is 17.2 Å². The predicted octanol–water partition coefficient (Wildman–Crippen LogP) is 4.50. The summed E-state index contributed by atoms with van der Waals surface area (Å²) in [5.41, 5.74) is 4.43. The van der Waals surface area contributed by atoms with Gasteiger partial charge in [0.15, 0.2) is 0 Å². The van der Waals surface area contributed by atoms with Gasteiger partial charge in [0.05, 0.1) is 17.5 Å². The number of hydrogen-bond donors (Lipinski definition) is 2. The lowest BCUT2D eigenvalue weighted by atomic mass is 10.1. The van der Waals surface area contributed by atoms with Gasteiger partial charge in [-0.3, -0.25) is 0 Å². The maximum atomic E-state index is 13.4. The lowest BCUT2D eigenvalue weighted by Gasteiger charge is -2.12. The van der Waals surface area contributed by atoms with E-state index in [-0.39, 0.29) is 5.82 Å². The van der Waals surface area contributed by atoms with Gasteiger partial charge in [0.2, 0.25) is 0 Å². The highest BCUT2D eigenvalue weighted by molar-refractivity contribution is 5.63. The van der Waals surface area contributed by atoms with E-state index in [0.29, 0.717) is 13.1 Å². The van der Waals surface area contributed by atoms with Crippen LogP contribution in [0, 0.1) is 5.82 Å². The van der Waals surface area contributed by atoms with E-state index in [0.717, 1.165) is 28.1 Å². The second-order valence-electron chi connectivity index (χ2n) is 6.85. The van der Waals surface area contributed by atoms with Gasteiger partial charge >= 0.3 is 0 Å². The molecule has 146 valence electrons. The van der Waals surface area contributed by atoms with Crippen LogP contribution in [-0.2, 0) is 6.54 Å². The largest absolute Gasteiger partial charge is 0.387 e. The van der Waals surface area contributed by atoms with Crippen molar-refractivity contribution in [2.75, 3.05) is 6.54 Å². The first-order chi connectivity index (χ1) is 14.2. The number of aliphatic hydroxyl groups excluding tert-OH is 1. The average molecular weight is 387 g/mol. The second-order valence-corrected chi connectivity index (χ2v) is 6.85. The molecule has 0 fully saturated rings. The Bertz CT molecular complexity index is 1050. The Kier molecular flexibility index (Phi) is 5.79. The number of nitrogens with one attached hydrogen (secondary N) is 1. The van der Waals surface area contributed by atoms with Crippen molar-refractivity contribution in [2.24, 2.45) is 0 Å². The molecular weight excluding hydrogens is 365 g/mol. The van der Waals surface area contributed by atoms with E-state index in [1.807, 2.05) is 71.5 Å². The molecule has 0 amide bonds. The standard InChI is InChI=1S/C24H22FN3O/c25-21-13-11-19(12-14-21)24-20(17-28(27-24)22-9-5-2-6-10-22)15-26-16-23(29)18-7-3-1-4-8-18/h1-14,17,23,26,29H,15-16H2. The number of aromatic nitrogens is 2. The van der Waals surface area contributed by atoms with E-state index in [1.54, 1.807) is 12.1 Å². The molecule has 4 aromatic rings. The minimum atomic E-state index is -0.588. The van der Waals surface area contributed by atoms with Crippen LogP contribution in [0.15, 0.2) is 91.1 Å². The molecule has 0 saturated heterocycles. The van der Waals surface area contributed by atoms with Crippen molar-refractivity contribution in [3.63, 3.8) is 0 Å². The number of rotatable bonds is 7. The quantitative estimate of drug-likeness (QED) is 0.491. The third kappa shape index (κ3) is 4.59. The Morgan fingerprint density at radius 1 is 0.897 bits per heavy atom. The number of hydrogen-bond acceptors (Lipinski definition) is 3. The zero-order chi connectivity index (χ0) is 20.1. The smallest absolute Gasteiger partial charge is 0.123 e. The van der Waals surface area contributed by atoms with E-state index in [4.69, 9.17) is 5.10 Å². The molecule has 29 heavy (non-hydrogen) atoms. The van der Waals surface area contributed by atoms with Gasteiger partial charge in [0.25, 0.3) is 0 Å². The van der Waals surface area contributed by atoms with Gasteiger partial charge in [-0.2, -0.15) is 5.10 Å². The predicted molar refractivity (Wildman–Crippen MR) is 112 cm³/mol. The van der Waals surface area contributed by atoms with Crippen molar-refractivity contribution >= 4 is 0 Å². The molecule has 0 saturated carbocycles. The Morgan fingerprint density at radius 2 is 1.55 bits per heavy atom. The van der Waals surface area contributed by atoms with E-state index in [2.05, 4.69) is 5.32 Å². The van der Waals surface area contributed by atoms with Crippen molar-refractivity contribution in [3.05, 3.63) is 108 Å². The van der Waals surface area contributed by atoms with Crippen molar-refractivity contribution in [3.8, 4) is 16.9 Å². The first-order valence-corrected chi connectivity index (χ1v) is 9.54. The van der Waals surface area contributed by atoms with Crippen LogP contribution in [0.25, 0.3) is 16.9 Å². The maximum Gasteiger partial charge on any atom is 0.123 e. The van der Waals surface area contributed by atoms with Gasteiger partial charge in [-0.1, -0.05) is 48.5 Å². The van der Waals surface area contributed by atoms with Crippen LogP contribution in [0.3, 0.4) is 0 Å². The number of aliphatic hydroxyl groups is 1. The number of nitrogens with zero attached hydrogens (tertiary/aromatic N) is 2. The monoisotopic (exact) mass is 387 g/mol. The molecule has 0 bridgehead atoms. The van der Waals surface area contributed by atoms with Crippen LogP contribution < -0.4 is 5.32 Å². The van der Waals surface area contributed by atoms with Gasteiger partial charge in [0, 0.05) is 30.4 Å². The number of benzene rings is 3. The van der Waals surface area contributed by atoms with Crippen molar-refractivity contribution in [1.82, 2.24) is 15.1 Å². The minimum Gasteiger partial charge on any atom is -0.387 e. The fraction of sp³-hybridized carbons (Fsp3) is 0.125. The van der Waals surface area contributed by atoms with Crippen LogP contribution >= 0.6 is 0 Å². The summed E-state index contributed by atoms with van der Waals surface area (Å²) in [6.07, 6.45) is 1.38. The molecule has 0 aliphatic rings. The van der Waals surface area contributed by atoms with Gasteiger partial charge in [0.1, 0.15) is 5.82 Å². The molecule has 2 N–H and O–H groups in total. The zero-order valence-corrected chi connectivity index (χ0v) is 15.9. The third-order valence-electron chi connectivity index (χ3n) is 4.77. The first kappa shape index (κ1) is 19.1. The average Bonchev–Trinajstić information content (AvgIpc) is 3.19. The second kappa shape index (κ2) is 8.82. The molecule has 0 spiro atoms. The molecule has 4 rings (SSSR count). The lowest BCUT2D eigenvalue weighted by molar-refractivity contribution is 0.174. The van der Waals surface area contributed by atoms with Crippen molar-refractivity contribution < 1.29 is 9.50 Å². The Balaban J connectivity index is 1.56. The van der Waals surface area contributed by atoms with Gasteiger partial charge < -0.3 is 10.4 Å². The fourth-order valence-corrected chi connectivity index (χ4v) is 3.24. The van der Waals surface area contributed by atoms with E-state index in [9.17, 15) is 9.50 Å². The van der Waals surface area contributed by atoms with E-state index < -0.39 is 6.10 Å². The molecular formula is C24H22FN3O. The Labute approximate surface area is 169 Å². The molecule has 0 aliphatic carbocycles. The minimum absolute atomic E-state index is 0.276. The molecule has 1 aromatic heterocycles. The van der Waals surface area contributed by atoms with Crippen LogP contribution in [0.5, 0.6) is 0 Å². The fourth-order valence-electron chi connectivity index (χ4n) is 3.24. The van der Waals surface area contributed by atoms with Gasteiger partial charge in [-0.25, -0.2) is 9.07 Å². The maximum absolute atomic E-state index is 13.4. The van der Waals surface area contributed by atoms with Gasteiger partial charge in [-0.05, 0) is 42.0 Å². The summed E-state index contributed by atoms with van der Waals surface area (Å²) in [6.45, 7) is 0.951. The zero-order valence-electron chi connectivity index (χ0n) is 15.9. The highest BCUT2D eigenvalue weighted by atomic mass is 19.1. The van der Waals surface area contributed by atoms with Crippen LogP contribution in [0.2, 0.25) is 0 Å². The molecule has 1 atom stereocenters. The van der Waals surface area contributed by atoms with Crippen molar-refractivity contribution in [2.45, 2.75) is 12.6 Å². The Hall–Kier alpha value is -3.28. The van der Waals surface area contributed by atoms with Crippen LogP contribution in [-0.4, -0.2) is 21.4 Å². The molecule has 1 unspecified atom stereocenters. The highest BCUT2D eigenvalue weighted by Crippen LogP contribution is 2.24. The Morgan fingerprint density at radius 3 is 2.24 bits per heavy atom. The normalized spacial score (nSPS) is 12.1. The van der Waals surface area contributed by atoms with Crippen molar-refractivity contribution in [1.29, 1.82) is 0 Å². The number of para-hydroxylation sites is 1. The topological polar surface area (TPSA) is 50.1 Å². The summed E-state index contributed by atoms with van der Waals surface area (Å²) < 4.78 is 15.2. The molecule has 3 aromatic carbocycles. The third-order valence-corrected chi connectivity index (χ3v) is 4.77. The van der Waals surface area contributed by atoms with Crippen LogP contribution in [0.4, 0.5) is 4.39 Å². The summed E-state index contributed by atoms with van der Waals surface area (Å²) in [5.74, 6) is -0.276. The molecule has 4 nitrogen and oxygen atoms in total. The molecule has 0 radical (unpaired) electrons. The van der Waals surface area contributed by atoms with E-state index in [1.165, 1.54) is 12.1 Å². The number of halogens is 1. The van der Waals surface area contributed by atoms with E-state index >= 15 is 0 Å². The summed E-state index contributed by atoms with van der Waals surface area (Å²) >= 11 is 0. The van der Waals surface area contributed by atoms with Gasteiger partial charge in [-0.15, -0.1) is 0 Å². The SMILES string of the molecule is OC(CNCc1cn(-c2ccccc2)nc1-c1ccc(F)cc1)c1ccccc1. The molecule has 1 heterocycles. The summed E-state index contributed by atoms with van der Waals surface area (Å²) in [6, 6.07) is 25.8. The molecule has 5 heteroatoms. The first-order valence-electron chi connectivity index (χ1n) is 9.54. The molecule has 0 aliphatic heterocycles. The highest BCUT2D eigenvalue weighted by Gasteiger charge is 2.13.